The van der Waals surface area contributed by atoms with Crippen molar-refractivity contribution in [1.82, 2.24) is 0 Å². The van der Waals surface area contributed by atoms with Gasteiger partial charge in [0.1, 0.15) is 0 Å². The molecule has 11 heteroatoms. The molecule has 0 radical (unpaired) electrons. The first-order chi connectivity index (χ1) is 21.9. The van der Waals surface area contributed by atoms with Crippen LogP contribution in [0.5, 0.6) is 0 Å². The lowest BCUT2D eigenvalue weighted by atomic mass is 9.75. The van der Waals surface area contributed by atoms with Gasteiger partial charge in [-0.1, -0.05) is 34.6 Å². The molecule has 0 amide bonds. The van der Waals surface area contributed by atoms with Gasteiger partial charge in [0.2, 0.25) is 0 Å². The number of aliphatic hydroxyl groups is 3. The Kier molecular flexibility index (Phi) is 10.6. The fraction of sp³-hybridized carbons (Fsp3) is 0.972. The van der Waals surface area contributed by atoms with Crippen LogP contribution in [-0.4, -0.2) is 105 Å². The van der Waals surface area contributed by atoms with E-state index in [0.29, 0.717) is 25.7 Å². The van der Waals surface area contributed by atoms with Crippen molar-refractivity contribution in [3.8, 4) is 0 Å². The number of ether oxygens (including phenoxy) is 6. The highest BCUT2D eigenvalue weighted by Crippen LogP contribution is 2.55. The molecule has 11 nitrogen and oxygen atoms in total. The molecular formula is C36H62O11. The standard InChI is InChI=1S/C36H62O11/c1-10-34(30-21(3)16-26(43-30)28-20(2)15-22(4)36(41,19-37)45-28)12-11-27(44-34)32(7)13-14-35(46-32)18-25(38)17-33(8,47-35)24(6)29(42-9)23(5)31(39)40/h20-30,37-38,41H,10-19H2,1-9H3,(H,39,40)/t20-,21-,22+,23?,24-,25+,26+,27+,28-,29-,30+,32-,33-,34-,35-,36-/m0/s1. The van der Waals surface area contributed by atoms with E-state index in [-0.39, 0.29) is 48.1 Å². The van der Waals surface area contributed by atoms with E-state index < -0.39 is 59.1 Å². The third-order valence-electron chi connectivity index (χ3n) is 13.1. The monoisotopic (exact) mass is 670 g/mol. The molecule has 0 aromatic heterocycles. The molecule has 5 aliphatic rings. The van der Waals surface area contributed by atoms with Crippen LogP contribution in [0.3, 0.4) is 0 Å². The molecule has 1 spiro atoms. The first kappa shape index (κ1) is 37.4. The van der Waals surface area contributed by atoms with Crippen molar-refractivity contribution < 1.29 is 53.6 Å². The van der Waals surface area contributed by atoms with E-state index in [1.165, 1.54) is 7.11 Å². The van der Waals surface area contributed by atoms with Crippen molar-refractivity contribution in [1.29, 1.82) is 0 Å². The van der Waals surface area contributed by atoms with E-state index in [1.807, 2.05) is 20.8 Å². The normalized spacial score (nSPS) is 50.9. The Labute approximate surface area is 281 Å². The molecule has 5 aliphatic heterocycles. The summed E-state index contributed by atoms with van der Waals surface area (Å²) in [6, 6.07) is 0. The zero-order chi connectivity index (χ0) is 34.7. The Hall–Kier alpha value is -0.890. The summed E-state index contributed by atoms with van der Waals surface area (Å²) in [7, 11) is 1.52. The highest BCUT2D eigenvalue weighted by molar-refractivity contribution is 5.70. The lowest BCUT2D eigenvalue weighted by molar-refractivity contribution is -0.350. The number of carbonyl (C=O) groups is 1. The summed E-state index contributed by atoms with van der Waals surface area (Å²) in [5.41, 5.74) is -2.02. The van der Waals surface area contributed by atoms with Crippen LogP contribution in [-0.2, 0) is 33.2 Å². The zero-order valence-corrected chi connectivity index (χ0v) is 30.1. The summed E-state index contributed by atoms with van der Waals surface area (Å²) in [5.74, 6) is -4.37. The van der Waals surface area contributed by atoms with Crippen molar-refractivity contribution in [2.24, 2.45) is 29.6 Å². The minimum absolute atomic E-state index is 0.155. The third-order valence-corrected chi connectivity index (χ3v) is 13.1. The van der Waals surface area contributed by atoms with Gasteiger partial charge in [-0.15, -0.1) is 0 Å². The first-order valence-electron chi connectivity index (χ1n) is 18.1. The molecule has 1 unspecified atom stereocenters. The van der Waals surface area contributed by atoms with Gasteiger partial charge < -0.3 is 48.8 Å². The third kappa shape index (κ3) is 6.67. The van der Waals surface area contributed by atoms with Crippen LogP contribution in [0, 0.1) is 29.6 Å². The SMILES string of the molecule is CC[C@@]1([C@@H]2O[C@@H]([C@H]3O[C@@](O)(CO)[C@H](C)C[C@@H]3C)C[C@@H]2C)CC[C@H]([C@]2(C)CC[C@]3(C[C@H](O)C[C@@](C)([C@@H](C)[C@@H](OC)C(C)C(=O)O)O3)O2)O1. The molecule has 5 saturated heterocycles. The quantitative estimate of drug-likeness (QED) is 0.261. The summed E-state index contributed by atoms with van der Waals surface area (Å²) in [4.78, 5) is 11.9. The fourth-order valence-electron chi connectivity index (χ4n) is 10.0. The Bertz CT molecular complexity index is 1120. The Morgan fingerprint density at radius 1 is 1.00 bits per heavy atom. The van der Waals surface area contributed by atoms with Crippen molar-refractivity contribution in [3.05, 3.63) is 0 Å². The maximum Gasteiger partial charge on any atom is 0.308 e. The molecule has 5 rings (SSSR count). The fourth-order valence-corrected chi connectivity index (χ4v) is 10.0. The maximum atomic E-state index is 11.9. The van der Waals surface area contributed by atoms with Gasteiger partial charge in [-0.05, 0) is 71.1 Å². The van der Waals surface area contributed by atoms with E-state index in [2.05, 4.69) is 27.7 Å². The topological polar surface area (TPSA) is 153 Å². The number of carboxylic acids is 1. The molecule has 16 atom stereocenters. The zero-order valence-electron chi connectivity index (χ0n) is 30.1. The lowest BCUT2D eigenvalue weighted by Crippen LogP contribution is -2.59. The Morgan fingerprint density at radius 2 is 1.70 bits per heavy atom. The number of carboxylic acid groups (broad SMARTS) is 1. The minimum atomic E-state index is -1.56. The average molecular weight is 671 g/mol. The molecule has 5 fully saturated rings. The van der Waals surface area contributed by atoms with Crippen LogP contribution in [0.15, 0.2) is 0 Å². The average Bonchev–Trinajstić information content (AvgIpc) is 3.71. The number of aliphatic hydroxyl groups excluding tert-OH is 2. The van der Waals surface area contributed by atoms with Gasteiger partial charge in [0.05, 0.1) is 66.0 Å². The predicted octanol–water partition coefficient (Wildman–Crippen LogP) is 4.42. The van der Waals surface area contributed by atoms with Crippen molar-refractivity contribution in [2.45, 2.75) is 178 Å². The van der Waals surface area contributed by atoms with Gasteiger partial charge in [-0.25, -0.2) is 0 Å². The number of methoxy groups -OCH3 is 1. The van der Waals surface area contributed by atoms with E-state index in [0.717, 1.165) is 32.1 Å². The van der Waals surface area contributed by atoms with Gasteiger partial charge in [-0.3, -0.25) is 4.79 Å². The van der Waals surface area contributed by atoms with Crippen molar-refractivity contribution in [3.63, 3.8) is 0 Å². The molecule has 272 valence electrons. The minimum Gasteiger partial charge on any atom is -0.481 e. The molecule has 0 aliphatic carbocycles. The smallest absolute Gasteiger partial charge is 0.308 e. The second-order valence-electron chi connectivity index (χ2n) is 16.5. The number of hydrogen-bond donors (Lipinski definition) is 4. The van der Waals surface area contributed by atoms with Crippen LogP contribution < -0.4 is 0 Å². The lowest BCUT2D eigenvalue weighted by Gasteiger charge is -2.51. The van der Waals surface area contributed by atoms with Gasteiger partial charge >= 0.3 is 5.97 Å². The Morgan fingerprint density at radius 3 is 2.32 bits per heavy atom. The summed E-state index contributed by atoms with van der Waals surface area (Å²) < 4.78 is 39.5. The molecule has 0 aromatic carbocycles. The second-order valence-corrected chi connectivity index (χ2v) is 16.5. The second kappa shape index (κ2) is 13.3. The van der Waals surface area contributed by atoms with Gasteiger partial charge in [-0.2, -0.15) is 0 Å². The summed E-state index contributed by atoms with van der Waals surface area (Å²) in [6.07, 6.45) is 3.76. The van der Waals surface area contributed by atoms with Gasteiger partial charge in [0, 0.05) is 38.2 Å². The summed E-state index contributed by atoms with van der Waals surface area (Å²) in [6.45, 7) is 15.5. The van der Waals surface area contributed by atoms with E-state index in [9.17, 15) is 25.2 Å². The van der Waals surface area contributed by atoms with Crippen LogP contribution in [0.2, 0.25) is 0 Å². The molecule has 4 N–H and O–H groups in total. The van der Waals surface area contributed by atoms with Crippen LogP contribution >= 0.6 is 0 Å². The van der Waals surface area contributed by atoms with E-state index in [4.69, 9.17) is 28.4 Å². The molecule has 0 aromatic rings. The van der Waals surface area contributed by atoms with Crippen LogP contribution in [0.25, 0.3) is 0 Å². The van der Waals surface area contributed by atoms with E-state index >= 15 is 0 Å². The van der Waals surface area contributed by atoms with Gasteiger partial charge in [0.25, 0.3) is 0 Å². The van der Waals surface area contributed by atoms with Crippen molar-refractivity contribution >= 4 is 5.97 Å². The molecule has 0 saturated carbocycles. The number of rotatable bonds is 10. The van der Waals surface area contributed by atoms with E-state index in [1.54, 1.807) is 6.92 Å². The predicted molar refractivity (Wildman–Crippen MR) is 172 cm³/mol. The highest BCUT2D eigenvalue weighted by atomic mass is 16.7. The largest absolute Gasteiger partial charge is 0.481 e. The van der Waals surface area contributed by atoms with Crippen LogP contribution in [0.1, 0.15) is 113 Å². The molecule has 5 heterocycles. The summed E-state index contributed by atoms with van der Waals surface area (Å²) >= 11 is 0. The first-order valence-corrected chi connectivity index (χ1v) is 18.1. The van der Waals surface area contributed by atoms with Gasteiger partial charge in [0.15, 0.2) is 11.6 Å². The maximum absolute atomic E-state index is 11.9. The summed E-state index contributed by atoms with van der Waals surface area (Å²) in [5, 5.41) is 41.8. The molecule has 0 bridgehead atoms. The van der Waals surface area contributed by atoms with Crippen LogP contribution in [0.4, 0.5) is 0 Å². The molecule has 47 heavy (non-hydrogen) atoms. The number of aliphatic carboxylic acids is 1. The van der Waals surface area contributed by atoms with Crippen molar-refractivity contribution in [2.75, 3.05) is 13.7 Å². The Balaban J connectivity index is 1.29. The number of hydrogen-bond acceptors (Lipinski definition) is 10. The highest BCUT2D eigenvalue weighted by Gasteiger charge is 2.63. The molecular weight excluding hydrogens is 608 g/mol.